The molecule has 1 aromatic rings. The molecule has 0 saturated heterocycles. The number of allylic oxidation sites excluding steroid dienone is 2. The minimum atomic E-state index is -1.30. The Kier molecular flexibility index (Phi) is 5.12. The molecule has 0 unspecified atom stereocenters. The van der Waals surface area contributed by atoms with E-state index in [1.165, 1.54) is 6.07 Å². The minimum Gasteiger partial charge on any atom is -0.489 e. The predicted octanol–water partition coefficient (Wildman–Crippen LogP) is 3.91. The lowest BCUT2D eigenvalue weighted by Gasteiger charge is -2.10. The van der Waals surface area contributed by atoms with E-state index in [9.17, 15) is 9.18 Å². The molecule has 1 N–H and O–H groups in total. The van der Waals surface area contributed by atoms with Crippen molar-refractivity contribution in [1.29, 1.82) is 0 Å². The lowest BCUT2D eigenvalue weighted by atomic mass is 10.1. The first-order chi connectivity index (χ1) is 8.81. The molecule has 3 nitrogen and oxygen atoms in total. The summed E-state index contributed by atoms with van der Waals surface area (Å²) in [6, 6.07) is 2.31. The molecule has 1 rings (SSSR count). The minimum absolute atomic E-state index is 0.221. The van der Waals surface area contributed by atoms with Crippen LogP contribution in [0.2, 0.25) is 0 Å². The van der Waals surface area contributed by atoms with E-state index in [0.29, 0.717) is 16.3 Å². The number of rotatable bonds is 5. The first-order valence-corrected chi connectivity index (χ1v) is 5.87. The molecule has 0 radical (unpaired) electrons. The van der Waals surface area contributed by atoms with Crippen LogP contribution in [0.5, 0.6) is 5.75 Å². The SMILES string of the molecule is C=C(Cl)/C=C(\C)COc1cc(F)c(C(=O)O)cc1C. The van der Waals surface area contributed by atoms with E-state index in [-0.39, 0.29) is 12.2 Å². The van der Waals surface area contributed by atoms with Crippen molar-refractivity contribution in [1.82, 2.24) is 0 Å². The molecule has 1 aromatic carbocycles. The molecular weight excluding hydrogens is 271 g/mol. The molecule has 0 bridgehead atoms. The van der Waals surface area contributed by atoms with Gasteiger partial charge in [0.15, 0.2) is 0 Å². The van der Waals surface area contributed by atoms with Crippen molar-refractivity contribution < 1.29 is 19.0 Å². The number of ether oxygens (including phenoxy) is 1. The maximum absolute atomic E-state index is 13.5. The lowest BCUT2D eigenvalue weighted by molar-refractivity contribution is 0.0691. The molecule has 0 aliphatic rings. The van der Waals surface area contributed by atoms with E-state index in [0.717, 1.165) is 11.6 Å². The van der Waals surface area contributed by atoms with Gasteiger partial charge in [0.1, 0.15) is 18.2 Å². The van der Waals surface area contributed by atoms with Crippen molar-refractivity contribution in [2.24, 2.45) is 0 Å². The average molecular weight is 285 g/mol. The van der Waals surface area contributed by atoms with Gasteiger partial charge in [0.2, 0.25) is 0 Å². The van der Waals surface area contributed by atoms with Crippen LogP contribution in [0.4, 0.5) is 4.39 Å². The number of carboxylic acid groups (broad SMARTS) is 1. The number of aryl methyl sites for hydroxylation is 1. The summed E-state index contributed by atoms with van der Waals surface area (Å²) in [5, 5.41) is 9.16. The Balaban J connectivity index is 2.89. The normalized spacial score (nSPS) is 11.3. The Bertz CT molecular complexity index is 550. The molecule has 0 atom stereocenters. The summed E-state index contributed by atoms with van der Waals surface area (Å²) in [5.74, 6) is -1.83. The third-order valence-electron chi connectivity index (χ3n) is 2.35. The van der Waals surface area contributed by atoms with E-state index in [4.69, 9.17) is 21.4 Å². The van der Waals surface area contributed by atoms with Crippen LogP contribution in [-0.2, 0) is 0 Å². The van der Waals surface area contributed by atoms with Crippen LogP contribution in [0.25, 0.3) is 0 Å². The quantitative estimate of drug-likeness (QED) is 0.834. The second-order valence-corrected chi connectivity index (χ2v) is 4.61. The van der Waals surface area contributed by atoms with Crippen molar-refractivity contribution >= 4 is 17.6 Å². The number of benzene rings is 1. The summed E-state index contributed by atoms with van der Waals surface area (Å²) in [5.41, 5.74) is 1.00. The molecule has 0 aliphatic heterocycles. The fourth-order valence-electron chi connectivity index (χ4n) is 1.48. The van der Waals surface area contributed by atoms with E-state index in [1.807, 2.05) is 0 Å². The van der Waals surface area contributed by atoms with Crippen LogP contribution in [0.1, 0.15) is 22.8 Å². The number of carbonyl (C=O) groups is 1. The Hall–Kier alpha value is -1.81. The van der Waals surface area contributed by atoms with Gasteiger partial charge in [-0.05, 0) is 37.1 Å². The van der Waals surface area contributed by atoms with Gasteiger partial charge in [0.25, 0.3) is 0 Å². The van der Waals surface area contributed by atoms with Gasteiger partial charge < -0.3 is 9.84 Å². The Morgan fingerprint density at radius 2 is 2.21 bits per heavy atom. The smallest absolute Gasteiger partial charge is 0.338 e. The molecule has 0 amide bonds. The zero-order valence-electron chi connectivity index (χ0n) is 10.7. The highest BCUT2D eigenvalue weighted by molar-refractivity contribution is 6.30. The van der Waals surface area contributed by atoms with Gasteiger partial charge in [-0.25, -0.2) is 9.18 Å². The summed E-state index contributed by atoms with van der Waals surface area (Å²) < 4.78 is 18.9. The van der Waals surface area contributed by atoms with Crippen LogP contribution in [0.15, 0.2) is 35.4 Å². The van der Waals surface area contributed by atoms with Crippen LogP contribution in [0.3, 0.4) is 0 Å². The second-order valence-electron chi connectivity index (χ2n) is 4.13. The zero-order chi connectivity index (χ0) is 14.6. The monoisotopic (exact) mass is 284 g/mol. The van der Waals surface area contributed by atoms with Gasteiger partial charge in [-0.15, -0.1) is 0 Å². The first-order valence-electron chi connectivity index (χ1n) is 5.49. The van der Waals surface area contributed by atoms with Gasteiger partial charge in [-0.1, -0.05) is 18.2 Å². The molecule has 0 saturated carbocycles. The maximum Gasteiger partial charge on any atom is 0.338 e. The molecule has 0 heterocycles. The van der Waals surface area contributed by atoms with E-state index in [2.05, 4.69) is 6.58 Å². The third kappa shape index (κ3) is 4.41. The molecule has 102 valence electrons. The summed E-state index contributed by atoms with van der Waals surface area (Å²) in [7, 11) is 0. The highest BCUT2D eigenvalue weighted by Crippen LogP contribution is 2.23. The number of aromatic carboxylic acids is 1. The molecule has 0 aliphatic carbocycles. The molecule has 0 aromatic heterocycles. The number of carboxylic acids is 1. The second kappa shape index (κ2) is 6.38. The van der Waals surface area contributed by atoms with Gasteiger partial charge in [0.05, 0.1) is 5.56 Å². The molecule has 0 fully saturated rings. The van der Waals surface area contributed by atoms with Crippen molar-refractivity contribution in [3.8, 4) is 5.75 Å². The fourth-order valence-corrected chi connectivity index (χ4v) is 1.67. The lowest BCUT2D eigenvalue weighted by Crippen LogP contribution is -2.05. The Labute approximate surface area is 116 Å². The zero-order valence-corrected chi connectivity index (χ0v) is 11.4. The van der Waals surface area contributed by atoms with Gasteiger partial charge in [0, 0.05) is 11.1 Å². The van der Waals surface area contributed by atoms with Crippen LogP contribution >= 0.6 is 11.6 Å². The van der Waals surface area contributed by atoms with Crippen molar-refractivity contribution in [2.75, 3.05) is 6.61 Å². The van der Waals surface area contributed by atoms with Gasteiger partial charge in [-0.2, -0.15) is 0 Å². The summed E-state index contributed by atoms with van der Waals surface area (Å²) in [4.78, 5) is 10.8. The fraction of sp³-hybridized carbons (Fsp3) is 0.214. The summed E-state index contributed by atoms with van der Waals surface area (Å²) >= 11 is 5.61. The average Bonchev–Trinajstić information content (AvgIpc) is 2.28. The highest BCUT2D eigenvalue weighted by Gasteiger charge is 2.13. The van der Waals surface area contributed by atoms with Crippen LogP contribution in [-0.4, -0.2) is 17.7 Å². The van der Waals surface area contributed by atoms with Crippen molar-refractivity contribution in [3.05, 3.63) is 52.3 Å². The van der Waals surface area contributed by atoms with Crippen molar-refractivity contribution in [3.63, 3.8) is 0 Å². The number of hydrogen-bond acceptors (Lipinski definition) is 2. The summed E-state index contributed by atoms with van der Waals surface area (Å²) in [6.45, 7) is 7.19. The summed E-state index contributed by atoms with van der Waals surface area (Å²) in [6.07, 6.45) is 1.64. The van der Waals surface area contributed by atoms with E-state index < -0.39 is 11.8 Å². The topological polar surface area (TPSA) is 46.5 Å². The van der Waals surface area contributed by atoms with Gasteiger partial charge >= 0.3 is 5.97 Å². The highest BCUT2D eigenvalue weighted by atomic mass is 35.5. The standard InChI is InChI=1S/C14H14ClFO3/c1-8(4-10(3)15)7-19-13-6-12(16)11(14(17)18)5-9(13)2/h4-6H,3,7H2,1-2H3,(H,17,18)/b8-4+. The molecular formula is C14H14ClFO3. The molecule has 0 spiro atoms. The molecule has 19 heavy (non-hydrogen) atoms. The Morgan fingerprint density at radius 3 is 2.74 bits per heavy atom. The molecule has 5 heteroatoms. The predicted molar refractivity (Wildman–Crippen MR) is 72.3 cm³/mol. The van der Waals surface area contributed by atoms with Crippen molar-refractivity contribution in [2.45, 2.75) is 13.8 Å². The van der Waals surface area contributed by atoms with Crippen LogP contribution < -0.4 is 4.74 Å². The van der Waals surface area contributed by atoms with E-state index in [1.54, 1.807) is 19.9 Å². The maximum atomic E-state index is 13.5. The Morgan fingerprint density at radius 1 is 1.58 bits per heavy atom. The largest absolute Gasteiger partial charge is 0.489 e. The van der Waals surface area contributed by atoms with E-state index >= 15 is 0 Å². The van der Waals surface area contributed by atoms with Crippen LogP contribution in [0, 0.1) is 12.7 Å². The number of hydrogen-bond donors (Lipinski definition) is 1. The third-order valence-corrected chi connectivity index (χ3v) is 2.46. The van der Waals surface area contributed by atoms with Gasteiger partial charge in [-0.3, -0.25) is 0 Å². The first kappa shape index (κ1) is 15.2. The number of halogens is 2.